The normalized spacial score (nSPS) is 17.5. The van der Waals surface area contributed by atoms with Gasteiger partial charge in [0.25, 0.3) is 0 Å². The highest BCUT2D eigenvalue weighted by Gasteiger charge is 2.46. The molecule has 1 rings (SSSR count). The summed E-state index contributed by atoms with van der Waals surface area (Å²) >= 11 is 7.29. The molecule has 0 aliphatic carbocycles. The summed E-state index contributed by atoms with van der Waals surface area (Å²) in [4.78, 5) is 0. The maximum absolute atomic E-state index is 13.4. The van der Waals surface area contributed by atoms with E-state index in [1.807, 2.05) is 0 Å². The molecule has 0 amide bonds. The second-order valence-electron chi connectivity index (χ2n) is 3.39. The summed E-state index contributed by atoms with van der Waals surface area (Å²) in [6, 6.07) is 5.40. The second-order valence-corrected chi connectivity index (χ2v) is 9.73. The molecule has 96 valence electrons. The van der Waals surface area contributed by atoms with Crippen LogP contribution in [-0.4, -0.2) is 21.5 Å². The lowest BCUT2D eigenvalue weighted by Crippen LogP contribution is -2.34. The zero-order valence-corrected chi connectivity index (χ0v) is 12.6. The fourth-order valence-electron chi connectivity index (χ4n) is 1.24. The average Bonchev–Trinajstić information content (AvgIpc) is 2.28. The molecule has 2 atom stereocenters. The zero-order chi connectivity index (χ0) is 13.3. The van der Waals surface area contributed by atoms with E-state index in [9.17, 15) is 17.9 Å². The number of aliphatic hydroxyl groups excluding tert-OH is 1. The molecule has 0 saturated heterocycles. The molecule has 7 heteroatoms. The van der Waals surface area contributed by atoms with Crippen molar-refractivity contribution in [3.8, 4) is 0 Å². The van der Waals surface area contributed by atoms with Crippen LogP contribution in [0, 0.1) is 5.82 Å². The van der Waals surface area contributed by atoms with Gasteiger partial charge >= 0.3 is 0 Å². The number of benzene rings is 1. The van der Waals surface area contributed by atoms with Crippen LogP contribution < -0.4 is 0 Å². The molecule has 3 nitrogen and oxygen atoms in total. The van der Waals surface area contributed by atoms with E-state index in [1.54, 1.807) is 0 Å². The molecular formula is C10H11ClFIO3S. The molecule has 1 aromatic rings. The van der Waals surface area contributed by atoms with Gasteiger partial charge in [-0.25, -0.2) is 12.8 Å². The summed E-state index contributed by atoms with van der Waals surface area (Å²) in [5, 5.41) is 9.94. The van der Waals surface area contributed by atoms with Crippen LogP contribution in [0.2, 0.25) is 0 Å². The van der Waals surface area contributed by atoms with E-state index >= 15 is 0 Å². The predicted octanol–water partition coefficient (Wildman–Crippen LogP) is 2.62. The summed E-state index contributed by atoms with van der Waals surface area (Å²) < 4.78 is 34.9. The third-order valence-electron chi connectivity index (χ3n) is 2.31. The third-order valence-corrected chi connectivity index (χ3v) is 7.64. The smallest absolute Gasteiger partial charge is 0.225 e. The van der Waals surface area contributed by atoms with E-state index in [0.29, 0.717) is 0 Å². The first kappa shape index (κ1) is 15.1. The monoisotopic (exact) mass is 392 g/mol. The molecule has 0 saturated carbocycles. The minimum absolute atomic E-state index is 0.131. The molecule has 0 aromatic heterocycles. The Labute approximate surface area is 118 Å². The summed E-state index contributed by atoms with van der Waals surface area (Å²) in [5.74, 6) is -0.918. The Bertz CT molecular complexity index is 504. The van der Waals surface area contributed by atoms with Gasteiger partial charge in [0.1, 0.15) is 11.9 Å². The second kappa shape index (κ2) is 5.38. The lowest BCUT2D eigenvalue weighted by molar-refractivity contribution is 0.182. The zero-order valence-electron chi connectivity index (χ0n) is 8.90. The summed E-state index contributed by atoms with van der Waals surface area (Å²) in [6.45, 7) is 1.42. The molecule has 0 spiro atoms. The molecule has 1 N–H and O–H groups in total. The molecule has 0 heterocycles. The van der Waals surface area contributed by atoms with Gasteiger partial charge in [0.05, 0.1) is 5.75 Å². The Morgan fingerprint density at radius 3 is 2.53 bits per heavy atom. The van der Waals surface area contributed by atoms with E-state index in [0.717, 1.165) is 6.07 Å². The molecule has 0 aliphatic rings. The van der Waals surface area contributed by atoms with Crippen LogP contribution in [0.15, 0.2) is 24.3 Å². The predicted molar refractivity (Wildman–Crippen MR) is 73.4 cm³/mol. The highest BCUT2D eigenvalue weighted by molar-refractivity contribution is 14.1. The lowest BCUT2D eigenvalue weighted by atomic mass is 10.1. The van der Waals surface area contributed by atoms with E-state index in [4.69, 9.17) is 11.6 Å². The van der Waals surface area contributed by atoms with Crippen molar-refractivity contribution in [2.75, 3.05) is 5.75 Å². The minimum atomic E-state index is -3.73. The molecule has 0 fully saturated rings. The van der Waals surface area contributed by atoms with E-state index in [-0.39, 0.29) is 11.3 Å². The first-order chi connectivity index (χ1) is 7.74. The van der Waals surface area contributed by atoms with Crippen molar-refractivity contribution in [2.45, 2.75) is 15.2 Å². The van der Waals surface area contributed by atoms with Crippen molar-refractivity contribution in [3.63, 3.8) is 0 Å². The van der Waals surface area contributed by atoms with Gasteiger partial charge in [-0.15, -0.1) is 0 Å². The molecule has 0 radical (unpaired) electrons. The number of hydrogen-bond acceptors (Lipinski definition) is 3. The van der Waals surface area contributed by atoms with Gasteiger partial charge in [-0.05, 0) is 28.7 Å². The van der Waals surface area contributed by atoms with Crippen LogP contribution in [0.25, 0.3) is 0 Å². The van der Waals surface area contributed by atoms with Crippen molar-refractivity contribution < 1.29 is 17.9 Å². The molecule has 17 heavy (non-hydrogen) atoms. The number of sulfone groups is 1. The van der Waals surface area contributed by atoms with Gasteiger partial charge in [0.2, 0.25) is 2.21 Å². The quantitative estimate of drug-likeness (QED) is 0.633. The topological polar surface area (TPSA) is 54.4 Å². The van der Waals surface area contributed by atoms with Crippen molar-refractivity contribution in [3.05, 3.63) is 35.6 Å². The van der Waals surface area contributed by atoms with Crippen LogP contribution >= 0.6 is 34.2 Å². The summed E-state index contributed by atoms with van der Waals surface area (Å²) in [6.07, 6.45) is -1.63. The Balaban J connectivity index is 3.23. The number of aliphatic hydroxyl groups is 1. The number of hydrogen-bond donors (Lipinski definition) is 1. The number of alkyl halides is 2. The van der Waals surface area contributed by atoms with Gasteiger partial charge in [0.15, 0.2) is 9.84 Å². The van der Waals surface area contributed by atoms with Crippen LogP contribution in [0.3, 0.4) is 0 Å². The van der Waals surface area contributed by atoms with E-state index < -0.39 is 24.0 Å². The van der Waals surface area contributed by atoms with E-state index in [1.165, 1.54) is 47.7 Å². The Kier molecular flexibility index (Phi) is 4.79. The van der Waals surface area contributed by atoms with Crippen molar-refractivity contribution in [2.24, 2.45) is 0 Å². The molecular weight excluding hydrogens is 382 g/mol. The van der Waals surface area contributed by atoms with Crippen molar-refractivity contribution >= 4 is 44.0 Å². The van der Waals surface area contributed by atoms with Gasteiger partial charge in [-0.1, -0.05) is 36.7 Å². The lowest BCUT2D eigenvalue weighted by Gasteiger charge is -2.26. The average molecular weight is 393 g/mol. The van der Waals surface area contributed by atoms with Gasteiger partial charge < -0.3 is 5.11 Å². The fraction of sp³-hybridized carbons (Fsp3) is 0.400. The maximum atomic E-state index is 13.4. The molecule has 0 aliphatic heterocycles. The van der Waals surface area contributed by atoms with Crippen LogP contribution in [-0.2, 0) is 9.84 Å². The third kappa shape index (κ3) is 2.91. The van der Waals surface area contributed by atoms with Gasteiger partial charge in [-0.3, -0.25) is 0 Å². The first-order valence-electron chi connectivity index (χ1n) is 4.76. The maximum Gasteiger partial charge on any atom is 0.225 e. The Morgan fingerprint density at radius 1 is 1.53 bits per heavy atom. The molecule has 0 bridgehead atoms. The summed E-state index contributed by atoms with van der Waals surface area (Å²) in [7, 11) is -3.73. The minimum Gasteiger partial charge on any atom is -0.384 e. The van der Waals surface area contributed by atoms with Crippen LogP contribution in [0.5, 0.6) is 0 Å². The SMILES string of the molecule is CCS(=O)(=O)[C@@](Cl)(I)[C@H](O)c1ccccc1F. The number of rotatable bonds is 4. The molecule has 1 aromatic carbocycles. The highest BCUT2D eigenvalue weighted by Crippen LogP contribution is 2.43. The van der Waals surface area contributed by atoms with E-state index in [2.05, 4.69) is 0 Å². The van der Waals surface area contributed by atoms with Gasteiger partial charge in [-0.2, -0.15) is 0 Å². The highest BCUT2D eigenvalue weighted by atomic mass is 127. The molecule has 0 unspecified atom stereocenters. The number of halogens is 3. The van der Waals surface area contributed by atoms with Crippen molar-refractivity contribution in [1.82, 2.24) is 0 Å². The van der Waals surface area contributed by atoms with Gasteiger partial charge in [0, 0.05) is 5.56 Å². The fourth-order valence-corrected chi connectivity index (χ4v) is 3.81. The first-order valence-corrected chi connectivity index (χ1v) is 7.87. The van der Waals surface area contributed by atoms with Crippen molar-refractivity contribution in [1.29, 1.82) is 0 Å². The Hall–Kier alpha value is 0.0800. The van der Waals surface area contributed by atoms with Crippen LogP contribution in [0.4, 0.5) is 4.39 Å². The van der Waals surface area contributed by atoms with Crippen LogP contribution in [0.1, 0.15) is 18.6 Å². The summed E-state index contributed by atoms with van der Waals surface area (Å²) in [5.41, 5.74) is -0.131. The standard InChI is InChI=1S/C10H11ClFIO3S/c1-2-17(15,16)10(11,13)9(14)7-5-3-4-6-8(7)12/h3-6,9,14H,2H2,1H3/t9-,10+/m1/s1. The largest absolute Gasteiger partial charge is 0.384 e. The Morgan fingerprint density at radius 2 is 2.06 bits per heavy atom.